The molecule has 0 radical (unpaired) electrons. The fraction of sp³-hybridized carbons (Fsp3) is 0.294. The van der Waals surface area contributed by atoms with Crippen molar-refractivity contribution in [2.24, 2.45) is 0 Å². The van der Waals surface area contributed by atoms with Crippen LogP contribution in [0.5, 0.6) is 0 Å². The van der Waals surface area contributed by atoms with E-state index < -0.39 is 0 Å². The van der Waals surface area contributed by atoms with Crippen LogP contribution in [0.2, 0.25) is 0 Å². The summed E-state index contributed by atoms with van der Waals surface area (Å²) in [5.74, 6) is 0. The van der Waals surface area contributed by atoms with Gasteiger partial charge in [0.15, 0.2) is 0 Å². The van der Waals surface area contributed by atoms with Crippen LogP contribution >= 0.6 is 0 Å². The average molecular weight is 451 g/mol. The van der Waals surface area contributed by atoms with E-state index in [1.165, 1.54) is 66.9 Å². The van der Waals surface area contributed by atoms with E-state index in [-0.39, 0.29) is 0 Å². The Morgan fingerprint density at radius 1 is 0.618 bits per heavy atom. The first-order chi connectivity index (χ1) is 16.3. The Bertz CT molecular complexity index is 1290. The molecule has 0 heteroatoms. The standard InChI is InChI=1S/C26H24.C5H10.C3H8/c1-17-11-5-6-12-21(17)18(2)19(3)26-20(4)22-13-7-8-14-23(22)24-15-9-10-16-25(24)26;1-4-5(2)3;1-3-2/h5-16H,1-4H3;4H,1-3H3;3H2,1-2H3/b19-18+;;. The van der Waals surface area contributed by atoms with Crippen molar-refractivity contribution in [1.29, 1.82) is 0 Å². The van der Waals surface area contributed by atoms with Crippen molar-refractivity contribution >= 4 is 32.7 Å². The van der Waals surface area contributed by atoms with E-state index in [1.54, 1.807) is 0 Å². The molecule has 0 saturated carbocycles. The molecule has 0 nitrogen and oxygen atoms in total. The van der Waals surface area contributed by atoms with Gasteiger partial charge in [-0.1, -0.05) is 105 Å². The second-order valence-electron chi connectivity index (χ2n) is 9.23. The molecule has 0 atom stereocenters. The highest BCUT2D eigenvalue weighted by Crippen LogP contribution is 2.38. The number of benzene rings is 4. The molecule has 0 aliphatic heterocycles. The minimum atomic E-state index is 1.25. The van der Waals surface area contributed by atoms with Crippen molar-refractivity contribution < 1.29 is 0 Å². The van der Waals surface area contributed by atoms with Gasteiger partial charge in [-0.25, -0.2) is 0 Å². The number of rotatable bonds is 2. The number of fused-ring (bicyclic) bond motifs is 3. The van der Waals surface area contributed by atoms with Gasteiger partial charge < -0.3 is 0 Å². The molecule has 4 aromatic carbocycles. The molecule has 4 rings (SSSR count). The summed E-state index contributed by atoms with van der Waals surface area (Å²) in [6.07, 6.45) is 3.33. The van der Waals surface area contributed by atoms with Gasteiger partial charge in [0.1, 0.15) is 0 Å². The van der Waals surface area contributed by atoms with Crippen molar-refractivity contribution in [3.8, 4) is 0 Å². The second-order valence-corrected chi connectivity index (χ2v) is 9.23. The first-order valence-corrected chi connectivity index (χ1v) is 12.5. The Kier molecular flexibility index (Phi) is 10.3. The SMILES string of the molecule is C/C(=C(/C)c1c(C)c2ccccc2c2ccccc12)c1ccccc1C.CC=C(C)C.CCC. The van der Waals surface area contributed by atoms with E-state index in [1.807, 2.05) is 6.92 Å². The van der Waals surface area contributed by atoms with Gasteiger partial charge in [-0.05, 0) is 103 Å². The summed E-state index contributed by atoms with van der Waals surface area (Å²) in [4.78, 5) is 0. The number of allylic oxidation sites excluding steroid dienone is 4. The zero-order valence-electron chi connectivity index (χ0n) is 22.7. The van der Waals surface area contributed by atoms with Crippen molar-refractivity contribution in [2.75, 3.05) is 0 Å². The van der Waals surface area contributed by atoms with Crippen LogP contribution in [0.15, 0.2) is 84.4 Å². The van der Waals surface area contributed by atoms with E-state index >= 15 is 0 Å². The Balaban J connectivity index is 0.000000447. The summed E-state index contributed by atoms with van der Waals surface area (Å²) in [7, 11) is 0. The molecule has 4 aromatic rings. The van der Waals surface area contributed by atoms with Crippen LogP contribution < -0.4 is 0 Å². The number of hydrogen-bond donors (Lipinski definition) is 0. The molecule has 0 aliphatic carbocycles. The molecule has 0 unspecified atom stereocenters. The van der Waals surface area contributed by atoms with Gasteiger partial charge in [-0.2, -0.15) is 0 Å². The average Bonchev–Trinajstić information content (AvgIpc) is 2.85. The fourth-order valence-corrected chi connectivity index (χ4v) is 4.18. The first kappa shape index (κ1) is 27.1. The largest absolute Gasteiger partial charge is 0.0890 e. The Morgan fingerprint density at radius 2 is 1.03 bits per heavy atom. The zero-order valence-corrected chi connectivity index (χ0v) is 22.7. The molecule has 0 saturated heterocycles. The molecule has 0 spiro atoms. The summed E-state index contributed by atoms with van der Waals surface area (Å²) in [6.45, 7) is 19.4. The maximum absolute atomic E-state index is 2.27. The molecule has 34 heavy (non-hydrogen) atoms. The molecule has 0 aromatic heterocycles. The zero-order chi connectivity index (χ0) is 25.3. The molecule has 178 valence electrons. The lowest BCUT2D eigenvalue weighted by atomic mass is 9.86. The van der Waals surface area contributed by atoms with Crippen molar-refractivity contribution in [1.82, 2.24) is 0 Å². The summed E-state index contributed by atoms with van der Waals surface area (Å²) >= 11 is 0. The van der Waals surface area contributed by atoms with Gasteiger partial charge in [0, 0.05) is 0 Å². The topological polar surface area (TPSA) is 0 Å². The van der Waals surface area contributed by atoms with Crippen LogP contribution in [0.25, 0.3) is 32.7 Å². The van der Waals surface area contributed by atoms with Crippen LogP contribution in [0.3, 0.4) is 0 Å². The first-order valence-electron chi connectivity index (χ1n) is 12.5. The smallest absolute Gasteiger partial charge is 0.00991 e. The van der Waals surface area contributed by atoms with Gasteiger partial charge >= 0.3 is 0 Å². The highest BCUT2D eigenvalue weighted by molar-refractivity contribution is 6.15. The lowest BCUT2D eigenvalue weighted by molar-refractivity contribution is 1.09. The van der Waals surface area contributed by atoms with Crippen LogP contribution in [-0.2, 0) is 0 Å². The van der Waals surface area contributed by atoms with Gasteiger partial charge in [-0.3, -0.25) is 0 Å². The monoisotopic (exact) mass is 450 g/mol. The molecule has 0 bridgehead atoms. The summed E-state index contributed by atoms with van der Waals surface area (Å²) in [5.41, 5.74) is 9.49. The normalized spacial score (nSPS) is 11.1. The van der Waals surface area contributed by atoms with Crippen molar-refractivity contribution in [3.63, 3.8) is 0 Å². The maximum Gasteiger partial charge on any atom is -0.00991 e. The minimum absolute atomic E-state index is 1.25. The highest BCUT2D eigenvalue weighted by atomic mass is 14.2. The quantitative estimate of drug-likeness (QED) is 0.162. The fourth-order valence-electron chi connectivity index (χ4n) is 4.18. The Hall–Kier alpha value is -3.12. The van der Waals surface area contributed by atoms with Crippen LogP contribution in [0, 0.1) is 13.8 Å². The lowest BCUT2D eigenvalue weighted by Gasteiger charge is -2.18. The van der Waals surface area contributed by atoms with Gasteiger partial charge in [0.2, 0.25) is 0 Å². The molecule has 0 N–H and O–H groups in total. The summed E-state index contributed by atoms with van der Waals surface area (Å²) < 4.78 is 0. The van der Waals surface area contributed by atoms with Gasteiger partial charge in [0.05, 0.1) is 0 Å². The molecular weight excluding hydrogens is 408 g/mol. The molecule has 0 fully saturated rings. The Morgan fingerprint density at radius 3 is 1.53 bits per heavy atom. The third kappa shape index (κ3) is 6.26. The van der Waals surface area contributed by atoms with E-state index in [0.29, 0.717) is 0 Å². The molecule has 0 amide bonds. The third-order valence-electron chi connectivity index (χ3n) is 6.26. The van der Waals surface area contributed by atoms with Crippen LogP contribution in [0.1, 0.15) is 77.1 Å². The van der Waals surface area contributed by atoms with Gasteiger partial charge in [-0.15, -0.1) is 0 Å². The Labute approximate surface area is 208 Å². The van der Waals surface area contributed by atoms with Crippen molar-refractivity contribution in [3.05, 3.63) is 107 Å². The molecular formula is C34H42. The number of hydrogen-bond acceptors (Lipinski definition) is 0. The van der Waals surface area contributed by atoms with Crippen LogP contribution in [0.4, 0.5) is 0 Å². The van der Waals surface area contributed by atoms with E-state index in [9.17, 15) is 0 Å². The summed E-state index contributed by atoms with van der Waals surface area (Å²) in [5, 5.41) is 5.36. The van der Waals surface area contributed by atoms with Crippen LogP contribution in [-0.4, -0.2) is 0 Å². The molecule has 0 heterocycles. The van der Waals surface area contributed by atoms with Crippen molar-refractivity contribution in [2.45, 2.75) is 68.7 Å². The van der Waals surface area contributed by atoms with E-state index in [2.05, 4.69) is 134 Å². The summed E-state index contributed by atoms with van der Waals surface area (Å²) in [6, 6.07) is 26.2. The minimum Gasteiger partial charge on any atom is -0.0890 e. The molecule has 0 aliphatic rings. The number of aryl methyl sites for hydroxylation is 2. The van der Waals surface area contributed by atoms with E-state index in [4.69, 9.17) is 0 Å². The highest BCUT2D eigenvalue weighted by Gasteiger charge is 2.14. The lowest BCUT2D eigenvalue weighted by Crippen LogP contribution is -1.95. The van der Waals surface area contributed by atoms with E-state index in [0.717, 1.165) is 0 Å². The third-order valence-corrected chi connectivity index (χ3v) is 6.26. The predicted octanol–water partition coefficient (Wildman–Crippen LogP) is 10.9. The predicted molar refractivity (Wildman–Crippen MR) is 157 cm³/mol. The maximum atomic E-state index is 2.27. The van der Waals surface area contributed by atoms with Gasteiger partial charge in [0.25, 0.3) is 0 Å². The second kappa shape index (κ2) is 12.9.